The lowest BCUT2D eigenvalue weighted by Crippen LogP contribution is -2.22. The van der Waals surface area contributed by atoms with E-state index in [2.05, 4.69) is 36.2 Å². The van der Waals surface area contributed by atoms with E-state index in [1.54, 1.807) is 18.3 Å². The molecule has 1 amide bonds. The van der Waals surface area contributed by atoms with Crippen molar-refractivity contribution in [3.8, 4) is 11.4 Å². The Kier molecular flexibility index (Phi) is 5.05. The van der Waals surface area contributed by atoms with Gasteiger partial charge < -0.3 is 10.3 Å². The fraction of sp³-hybridized carbons (Fsp3) is 0.0500. The number of nitrogens with zero attached hydrogens (tertiary/aromatic N) is 3. The van der Waals surface area contributed by atoms with E-state index in [1.165, 1.54) is 12.1 Å². The minimum Gasteiger partial charge on any atom is -0.348 e. The summed E-state index contributed by atoms with van der Waals surface area (Å²) in [7, 11) is 0. The SMILES string of the molecule is O=C(NCc1ccccc1)c1cc(-c2nc3cc(Br)cnc3[nH]2)cc([N+](=O)[O-])c1. The number of aromatic nitrogens is 3. The number of carbonyl (C=O) groups excluding carboxylic acids is 1. The third-order valence-corrected chi connectivity index (χ3v) is 4.70. The lowest BCUT2D eigenvalue weighted by molar-refractivity contribution is -0.384. The number of rotatable bonds is 5. The van der Waals surface area contributed by atoms with Gasteiger partial charge in [0.25, 0.3) is 11.6 Å². The third-order valence-electron chi connectivity index (χ3n) is 4.26. The highest BCUT2D eigenvalue weighted by Gasteiger charge is 2.17. The van der Waals surface area contributed by atoms with Gasteiger partial charge in [0, 0.05) is 40.5 Å². The molecule has 2 N–H and O–H groups in total. The number of non-ortho nitro benzene ring substituents is 1. The molecule has 29 heavy (non-hydrogen) atoms. The zero-order valence-electron chi connectivity index (χ0n) is 14.9. The van der Waals surface area contributed by atoms with E-state index in [1.807, 2.05) is 30.3 Å². The van der Waals surface area contributed by atoms with Gasteiger partial charge in [0.05, 0.1) is 4.92 Å². The van der Waals surface area contributed by atoms with E-state index in [4.69, 9.17) is 0 Å². The van der Waals surface area contributed by atoms with Crippen molar-refractivity contribution in [2.24, 2.45) is 0 Å². The Balaban J connectivity index is 1.68. The number of halogens is 1. The van der Waals surface area contributed by atoms with Crippen molar-refractivity contribution < 1.29 is 9.72 Å². The van der Waals surface area contributed by atoms with Gasteiger partial charge in [0.2, 0.25) is 0 Å². The van der Waals surface area contributed by atoms with Gasteiger partial charge in [-0.15, -0.1) is 0 Å². The highest BCUT2D eigenvalue weighted by atomic mass is 79.9. The summed E-state index contributed by atoms with van der Waals surface area (Å²) in [6, 6.07) is 15.4. The Bertz CT molecular complexity index is 1220. The fourth-order valence-corrected chi connectivity index (χ4v) is 3.19. The molecule has 0 saturated carbocycles. The summed E-state index contributed by atoms with van der Waals surface area (Å²) >= 11 is 3.34. The molecule has 0 spiro atoms. The maximum absolute atomic E-state index is 12.6. The number of pyridine rings is 1. The first-order valence-corrected chi connectivity index (χ1v) is 9.42. The molecule has 0 aliphatic rings. The van der Waals surface area contributed by atoms with Gasteiger partial charge in [-0.3, -0.25) is 14.9 Å². The first-order chi connectivity index (χ1) is 14.0. The van der Waals surface area contributed by atoms with Gasteiger partial charge in [-0.25, -0.2) is 9.97 Å². The van der Waals surface area contributed by atoms with Crippen molar-refractivity contribution in [1.82, 2.24) is 20.3 Å². The van der Waals surface area contributed by atoms with Crippen LogP contribution in [-0.4, -0.2) is 25.8 Å². The molecule has 0 radical (unpaired) electrons. The molecule has 2 aromatic carbocycles. The number of nitro groups is 1. The Hall–Kier alpha value is -3.59. The van der Waals surface area contributed by atoms with Crippen LogP contribution in [0.5, 0.6) is 0 Å². The fourth-order valence-electron chi connectivity index (χ4n) is 2.87. The molecule has 9 heteroatoms. The first kappa shape index (κ1) is 18.8. The van der Waals surface area contributed by atoms with E-state index in [0.717, 1.165) is 10.0 Å². The van der Waals surface area contributed by atoms with Crippen LogP contribution < -0.4 is 5.32 Å². The van der Waals surface area contributed by atoms with Crippen LogP contribution in [-0.2, 0) is 6.54 Å². The van der Waals surface area contributed by atoms with E-state index in [0.29, 0.717) is 29.1 Å². The highest BCUT2D eigenvalue weighted by Crippen LogP contribution is 2.26. The lowest BCUT2D eigenvalue weighted by atomic mass is 10.1. The zero-order valence-corrected chi connectivity index (χ0v) is 16.5. The minimum absolute atomic E-state index is 0.180. The van der Waals surface area contributed by atoms with E-state index >= 15 is 0 Å². The van der Waals surface area contributed by atoms with Crippen LogP contribution in [0.2, 0.25) is 0 Å². The molecule has 0 bridgehead atoms. The smallest absolute Gasteiger partial charge is 0.270 e. The van der Waals surface area contributed by atoms with Crippen LogP contribution in [0.4, 0.5) is 5.69 Å². The average molecular weight is 452 g/mol. The highest BCUT2D eigenvalue weighted by molar-refractivity contribution is 9.10. The summed E-state index contributed by atoms with van der Waals surface area (Å²) in [5.74, 6) is -0.0119. The van der Waals surface area contributed by atoms with Crippen molar-refractivity contribution in [2.75, 3.05) is 0 Å². The van der Waals surface area contributed by atoms with Crippen LogP contribution in [0.1, 0.15) is 15.9 Å². The van der Waals surface area contributed by atoms with E-state index < -0.39 is 10.8 Å². The van der Waals surface area contributed by atoms with Crippen molar-refractivity contribution in [3.05, 3.63) is 86.5 Å². The maximum atomic E-state index is 12.6. The molecule has 0 unspecified atom stereocenters. The molecular formula is C20H14BrN5O3. The number of fused-ring (bicyclic) bond motifs is 1. The number of benzene rings is 2. The number of hydrogen-bond donors (Lipinski definition) is 2. The standard InChI is InChI=1S/C20H14BrN5O3/c21-15-9-17-19(22-11-15)25-18(24-17)13-6-14(8-16(7-13)26(28)29)20(27)23-10-12-4-2-1-3-5-12/h1-9,11H,10H2,(H,23,27)(H,22,24,25). The summed E-state index contributed by atoms with van der Waals surface area (Å²) in [6.07, 6.45) is 1.63. The topological polar surface area (TPSA) is 114 Å². The number of nitro benzene ring substituents is 1. The van der Waals surface area contributed by atoms with Gasteiger partial charge in [0.15, 0.2) is 5.65 Å². The number of aromatic amines is 1. The van der Waals surface area contributed by atoms with Crippen molar-refractivity contribution in [1.29, 1.82) is 0 Å². The Morgan fingerprint density at radius 3 is 2.72 bits per heavy atom. The molecule has 0 atom stereocenters. The van der Waals surface area contributed by atoms with Crippen molar-refractivity contribution >= 4 is 38.7 Å². The summed E-state index contributed by atoms with van der Waals surface area (Å²) in [5, 5.41) is 14.2. The lowest BCUT2D eigenvalue weighted by Gasteiger charge is -2.07. The monoisotopic (exact) mass is 451 g/mol. The van der Waals surface area contributed by atoms with Gasteiger partial charge >= 0.3 is 0 Å². The van der Waals surface area contributed by atoms with Crippen molar-refractivity contribution in [2.45, 2.75) is 6.54 Å². The number of H-pyrrole nitrogens is 1. The van der Waals surface area contributed by atoms with E-state index in [-0.39, 0.29) is 11.3 Å². The Labute approximate surface area is 173 Å². The van der Waals surface area contributed by atoms with Gasteiger partial charge in [-0.05, 0) is 33.6 Å². The molecular weight excluding hydrogens is 438 g/mol. The average Bonchev–Trinajstić information content (AvgIpc) is 3.15. The number of hydrogen-bond acceptors (Lipinski definition) is 5. The number of carbonyl (C=O) groups is 1. The van der Waals surface area contributed by atoms with Crippen LogP contribution in [0, 0.1) is 10.1 Å². The minimum atomic E-state index is -0.533. The summed E-state index contributed by atoms with van der Waals surface area (Å²) in [4.78, 5) is 35.2. The van der Waals surface area contributed by atoms with Crippen LogP contribution in [0.3, 0.4) is 0 Å². The summed E-state index contributed by atoms with van der Waals surface area (Å²) in [6.45, 7) is 0.320. The molecule has 2 heterocycles. The van der Waals surface area contributed by atoms with Crippen molar-refractivity contribution in [3.63, 3.8) is 0 Å². The quantitative estimate of drug-likeness (QED) is 0.348. The number of imidazole rings is 1. The molecule has 0 aliphatic heterocycles. The molecule has 2 aromatic heterocycles. The zero-order chi connectivity index (χ0) is 20.4. The second-order valence-corrected chi connectivity index (χ2v) is 7.22. The predicted molar refractivity (Wildman–Crippen MR) is 111 cm³/mol. The maximum Gasteiger partial charge on any atom is 0.270 e. The largest absolute Gasteiger partial charge is 0.348 e. The first-order valence-electron chi connectivity index (χ1n) is 8.63. The van der Waals surface area contributed by atoms with Gasteiger partial charge in [-0.2, -0.15) is 0 Å². The molecule has 4 rings (SSSR count). The third kappa shape index (κ3) is 4.14. The summed E-state index contributed by atoms with van der Waals surface area (Å²) < 4.78 is 0.767. The number of amides is 1. The molecule has 8 nitrogen and oxygen atoms in total. The second-order valence-electron chi connectivity index (χ2n) is 6.30. The molecule has 0 saturated heterocycles. The Morgan fingerprint density at radius 2 is 1.97 bits per heavy atom. The second kappa shape index (κ2) is 7.80. The van der Waals surface area contributed by atoms with Gasteiger partial charge in [-0.1, -0.05) is 30.3 Å². The van der Waals surface area contributed by atoms with E-state index in [9.17, 15) is 14.9 Å². The van der Waals surface area contributed by atoms with Crippen LogP contribution in [0.25, 0.3) is 22.6 Å². The molecule has 0 fully saturated rings. The predicted octanol–water partition coefficient (Wildman–Crippen LogP) is 4.23. The van der Waals surface area contributed by atoms with Gasteiger partial charge in [0.1, 0.15) is 11.3 Å². The normalized spacial score (nSPS) is 10.8. The number of nitrogens with one attached hydrogen (secondary N) is 2. The Morgan fingerprint density at radius 1 is 1.17 bits per heavy atom. The molecule has 4 aromatic rings. The summed E-state index contributed by atoms with van der Waals surface area (Å²) in [5.41, 5.74) is 2.50. The van der Waals surface area contributed by atoms with Crippen LogP contribution in [0.15, 0.2) is 65.3 Å². The molecule has 144 valence electrons. The van der Waals surface area contributed by atoms with Crippen LogP contribution >= 0.6 is 15.9 Å². The molecule has 0 aliphatic carbocycles.